The van der Waals surface area contributed by atoms with E-state index in [0.29, 0.717) is 18.5 Å². The van der Waals surface area contributed by atoms with Crippen molar-refractivity contribution in [3.05, 3.63) is 35.4 Å². The van der Waals surface area contributed by atoms with Crippen LogP contribution in [-0.2, 0) is 11.0 Å². The van der Waals surface area contributed by atoms with E-state index in [2.05, 4.69) is 5.32 Å². The predicted octanol–water partition coefficient (Wildman–Crippen LogP) is 2.62. The first-order valence-corrected chi connectivity index (χ1v) is 5.99. The number of carbonyl (C=O) groups excluding carboxylic acids is 1. The minimum Gasteiger partial charge on any atom is -0.370 e. The Morgan fingerprint density at radius 3 is 2.68 bits per heavy atom. The van der Waals surface area contributed by atoms with Gasteiger partial charge in [0.15, 0.2) is 0 Å². The summed E-state index contributed by atoms with van der Waals surface area (Å²) in [6.07, 6.45) is -3.50. The number of nitrogens with one attached hydrogen (secondary N) is 1. The summed E-state index contributed by atoms with van der Waals surface area (Å²) in [5.41, 5.74) is 4.90. The minimum atomic E-state index is -4.33. The van der Waals surface area contributed by atoms with E-state index in [1.807, 2.05) is 0 Å². The van der Waals surface area contributed by atoms with Crippen molar-refractivity contribution >= 4 is 5.91 Å². The van der Waals surface area contributed by atoms with Gasteiger partial charge in [-0.05, 0) is 37.6 Å². The van der Waals surface area contributed by atoms with Crippen molar-refractivity contribution in [3.8, 4) is 0 Å². The fourth-order valence-electron chi connectivity index (χ4n) is 1.68. The Hall–Kier alpha value is -1.56. The summed E-state index contributed by atoms with van der Waals surface area (Å²) in [7, 11) is 0. The normalized spacial score (nSPS) is 13.3. The van der Waals surface area contributed by atoms with Gasteiger partial charge in [0.2, 0.25) is 5.91 Å². The highest BCUT2D eigenvalue weighted by Crippen LogP contribution is 2.30. The molecule has 0 bridgehead atoms. The standard InChI is InChI=1S/C13H17F3N2O/c1-9(18-7-3-6-12(17)19)10-4-2-5-11(8-10)13(14,15)16/h2,4-5,8-9,18H,3,6-7H2,1H3,(H2,17,19). The number of amides is 1. The molecular weight excluding hydrogens is 257 g/mol. The lowest BCUT2D eigenvalue weighted by molar-refractivity contribution is -0.137. The largest absolute Gasteiger partial charge is 0.416 e. The van der Waals surface area contributed by atoms with Crippen molar-refractivity contribution in [1.82, 2.24) is 5.32 Å². The Bertz CT molecular complexity index is 432. The Morgan fingerprint density at radius 1 is 1.42 bits per heavy atom. The second-order valence-corrected chi connectivity index (χ2v) is 4.37. The van der Waals surface area contributed by atoms with E-state index < -0.39 is 11.7 Å². The molecule has 19 heavy (non-hydrogen) atoms. The molecule has 3 nitrogen and oxygen atoms in total. The van der Waals surface area contributed by atoms with Crippen LogP contribution in [0.1, 0.15) is 36.9 Å². The summed E-state index contributed by atoms with van der Waals surface area (Å²) in [4.78, 5) is 10.5. The lowest BCUT2D eigenvalue weighted by atomic mass is 10.0. The van der Waals surface area contributed by atoms with Gasteiger partial charge in [-0.25, -0.2) is 0 Å². The van der Waals surface area contributed by atoms with E-state index in [1.165, 1.54) is 6.07 Å². The Labute approximate surface area is 110 Å². The van der Waals surface area contributed by atoms with Gasteiger partial charge in [0, 0.05) is 12.5 Å². The maximum absolute atomic E-state index is 12.6. The smallest absolute Gasteiger partial charge is 0.370 e. The Morgan fingerprint density at radius 2 is 2.11 bits per heavy atom. The number of hydrogen-bond acceptors (Lipinski definition) is 2. The van der Waals surface area contributed by atoms with Gasteiger partial charge in [-0.3, -0.25) is 4.79 Å². The molecule has 0 saturated heterocycles. The second kappa shape index (κ2) is 6.56. The maximum atomic E-state index is 12.6. The van der Waals surface area contributed by atoms with Crippen molar-refractivity contribution in [2.45, 2.75) is 32.0 Å². The number of halogens is 3. The highest BCUT2D eigenvalue weighted by atomic mass is 19.4. The summed E-state index contributed by atoms with van der Waals surface area (Å²) in [6, 6.07) is 4.99. The molecule has 0 aliphatic carbocycles. The van der Waals surface area contributed by atoms with Crippen LogP contribution < -0.4 is 11.1 Å². The number of alkyl halides is 3. The van der Waals surface area contributed by atoms with Crippen LogP contribution in [0, 0.1) is 0 Å². The molecule has 6 heteroatoms. The molecular formula is C13H17F3N2O. The van der Waals surface area contributed by atoms with E-state index in [9.17, 15) is 18.0 Å². The van der Waals surface area contributed by atoms with Crippen LogP contribution in [0.4, 0.5) is 13.2 Å². The number of primary amides is 1. The lowest BCUT2D eigenvalue weighted by Gasteiger charge is -2.16. The third kappa shape index (κ3) is 5.30. The van der Waals surface area contributed by atoms with Crippen molar-refractivity contribution in [1.29, 1.82) is 0 Å². The van der Waals surface area contributed by atoms with Gasteiger partial charge in [-0.2, -0.15) is 13.2 Å². The number of benzene rings is 1. The van der Waals surface area contributed by atoms with Crippen LogP contribution in [0.5, 0.6) is 0 Å². The Balaban J connectivity index is 2.57. The van der Waals surface area contributed by atoms with E-state index in [-0.39, 0.29) is 18.4 Å². The van der Waals surface area contributed by atoms with Crippen molar-refractivity contribution in [2.75, 3.05) is 6.54 Å². The third-order valence-electron chi connectivity index (χ3n) is 2.76. The zero-order valence-corrected chi connectivity index (χ0v) is 10.6. The number of carbonyl (C=O) groups is 1. The van der Waals surface area contributed by atoms with E-state index >= 15 is 0 Å². The fraction of sp³-hybridized carbons (Fsp3) is 0.462. The molecule has 1 aromatic carbocycles. The SMILES string of the molecule is CC(NCCCC(N)=O)c1cccc(C(F)(F)F)c1. The van der Waals surface area contributed by atoms with Gasteiger partial charge in [-0.1, -0.05) is 12.1 Å². The van der Waals surface area contributed by atoms with Crippen molar-refractivity contribution < 1.29 is 18.0 Å². The van der Waals surface area contributed by atoms with Gasteiger partial charge in [0.25, 0.3) is 0 Å². The molecule has 106 valence electrons. The van der Waals surface area contributed by atoms with E-state index in [1.54, 1.807) is 13.0 Å². The number of hydrogen-bond donors (Lipinski definition) is 2. The third-order valence-corrected chi connectivity index (χ3v) is 2.76. The van der Waals surface area contributed by atoms with Crippen LogP contribution >= 0.6 is 0 Å². The van der Waals surface area contributed by atoms with E-state index in [4.69, 9.17) is 5.73 Å². The van der Waals surface area contributed by atoms with Crippen LogP contribution in [0.3, 0.4) is 0 Å². The van der Waals surface area contributed by atoms with Crippen LogP contribution in [0.25, 0.3) is 0 Å². The average Bonchev–Trinajstić information content (AvgIpc) is 2.33. The van der Waals surface area contributed by atoms with Crippen molar-refractivity contribution in [2.24, 2.45) is 5.73 Å². The quantitative estimate of drug-likeness (QED) is 0.783. The first kappa shape index (κ1) is 15.5. The molecule has 0 spiro atoms. The molecule has 0 heterocycles. The molecule has 1 aromatic rings. The van der Waals surface area contributed by atoms with Crippen LogP contribution in [0.2, 0.25) is 0 Å². The van der Waals surface area contributed by atoms with Crippen LogP contribution in [-0.4, -0.2) is 12.5 Å². The number of rotatable bonds is 6. The zero-order valence-electron chi connectivity index (χ0n) is 10.6. The van der Waals surface area contributed by atoms with Gasteiger partial charge in [-0.15, -0.1) is 0 Å². The van der Waals surface area contributed by atoms with Gasteiger partial charge in [0.1, 0.15) is 0 Å². The van der Waals surface area contributed by atoms with Gasteiger partial charge in [0.05, 0.1) is 5.56 Å². The molecule has 0 radical (unpaired) electrons. The summed E-state index contributed by atoms with van der Waals surface area (Å²) >= 11 is 0. The summed E-state index contributed by atoms with van der Waals surface area (Å²) < 4.78 is 37.7. The topological polar surface area (TPSA) is 55.1 Å². The molecule has 3 N–H and O–H groups in total. The highest BCUT2D eigenvalue weighted by Gasteiger charge is 2.30. The molecule has 0 aliphatic rings. The molecule has 1 atom stereocenters. The molecule has 1 amide bonds. The molecule has 0 fully saturated rings. The van der Waals surface area contributed by atoms with Gasteiger partial charge >= 0.3 is 6.18 Å². The van der Waals surface area contributed by atoms with Gasteiger partial charge < -0.3 is 11.1 Å². The first-order chi connectivity index (χ1) is 8.80. The summed E-state index contributed by atoms with van der Waals surface area (Å²) in [6.45, 7) is 2.31. The van der Waals surface area contributed by atoms with Crippen molar-refractivity contribution in [3.63, 3.8) is 0 Å². The highest BCUT2D eigenvalue weighted by molar-refractivity contribution is 5.73. The zero-order chi connectivity index (χ0) is 14.5. The Kier molecular flexibility index (Phi) is 5.35. The summed E-state index contributed by atoms with van der Waals surface area (Å²) in [5.74, 6) is -0.381. The molecule has 1 rings (SSSR count). The fourth-order valence-corrected chi connectivity index (χ4v) is 1.68. The lowest BCUT2D eigenvalue weighted by Crippen LogP contribution is -2.22. The summed E-state index contributed by atoms with van der Waals surface area (Å²) in [5, 5.41) is 3.06. The van der Waals surface area contributed by atoms with E-state index in [0.717, 1.165) is 12.1 Å². The molecule has 0 aliphatic heterocycles. The predicted molar refractivity (Wildman–Crippen MR) is 66.3 cm³/mol. The average molecular weight is 274 g/mol. The maximum Gasteiger partial charge on any atom is 0.416 e. The molecule has 0 aromatic heterocycles. The molecule has 1 unspecified atom stereocenters. The first-order valence-electron chi connectivity index (χ1n) is 5.99. The minimum absolute atomic E-state index is 0.213. The number of nitrogens with two attached hydrogens (primary N) is 1. The monoisotopic (exact) mass is 274 g/mol. The second-order valence-electron chi connectivity index (χ2n) is 4.37. The molecule has 0 saturated carbocycles. The van der Waals surface area contributed by atoms with Crippen LogP contribution in [0.15, 0.2) is 24.3 Å².